The highest BCUT2D eigenvalue weighted by molar-refractivity contribution is 5.90. The van der Waals surface area contributed by atoms with Crippen LogP contribution in [0.5, 0.6) is 5.75 Å². The fourth-order valence-electron chi connectivity index (χ4n) is 3.49. The summed E-state index contributed by atoms with van der Waals surface area (Å²) in [5.74, 6) is -0.905. The van der Waals surface area contributed by atoms with Crippen LogP contribution in [0.3, 0.4) is 0 Å². The minimum Gasteiger partial charge on any atom is -0.453 e. The van der Waals surface area contributed by atoms with Gasteiger partial charge in [0.2, 0.25) is 0 Å². The van der Waals surface area contributed by atoms with Gasteiger partial charge in [0.25, 0.3) is 17.2 Å². The molecule has 1 atom stereocenters. The van der Waals surface area contributed by atoms with Gasteiger partial charge in [-0.15, -0.1) is 0 Å². The molecule has 1 aliphatic rings. The largest absolute Gasteiger partial charge is 0.453 e. The number of benzene rings is 3. The molecule has 0 aliphatic carbocycles. The van der Waals surface area contributed by atoms with Crippen molar-refractivity contribution in [2.75, 3.05) is 7.11 Å². The number of hydrogen-bond acceptors (Lipinski definition) is 6. The summed E-state index contributed by atoms with van der Waals surface area (Å²) in [4.78, 5) is 21.3. The van der Waals surface area contributed by atoms with E-state index in [0.29, 0.717) is 28.0 Å². The van der Waals surface area contributed by atoms with Gasteiger partial charge in [-0.3, -0.25) is 20.2 Å². The number of nitro groups is 2. The van der Waals surface area contributed by atoms with Gasteiger partial charge in [0, 0.05) is 48.1 Å². The summed E-state index contributed by atoms with van der Waals surface area (Å²) < 4.78 is 12.2. The zero-order valence-corrected chi connectivity index (χ0v) is 15.8. The van der Waals surface area contributed by atoms with Crippen LogP contribution in [0.25, 0.3) is 11.6 Å². The molecule has 8 nitrogen and oxygen atoms in total. The van der Waals surface area contributed by atoms with Gasteiger partial charge in [0.1, 0.15) is 5.75 Å². The fraction of sp³-hybridized carbons (Fsp3) is 0.0909. The molecule has 0 N–H and O–H groups in total. The zero-order valence-electron chi connectivity index (χ0n) is 15.8. The summed E-state index contributed by atoms with van der Waals surface area (Å²) in [5, 5.41) is 22.2. The number of nitrogens with zero attached hydrogens (tertiary/aromatic N) is 2. The van der Waals surface area contributed by atoms with Crippen LogP contribution in [0.15, 0.2) is 72.8 Å². The summed E-state index contributed by atoms with van der Waals surface area (Å²) in [5.41, 5.74) is 2.31. The van der Waals surface area contributed by atoms with E-state index in [4.69, 9.17) is 9.47 Å². The Hall–Kier alpha value is -4.04. The lowest BCUT2D eigenvalue weighted by Gasteiger charge is -2.38. The van der Waals surface area contributed by atoms with Gasteiger partial charge >= 0.3 is 0 Å². The van der Waals surface area contributed by atoms with Crippen LogP contribution in [-0.2, 0) is 10.5 Å². The van der Waals surface area contributed by atoms with Crippen molar-refractivity contribution in [3.8, 4) is 5.75 Å². The van der Waals surface area contributed by atoms with Crippen LogP contribution in [0.4, 0.5) is 11.4 Å². The molecular formula is C22H16N2O6. The average molecular weight is 404 g/mol. The van der Waals surface area contributed by atoms with Crippen molar-refractivity contribution in [2.45, 2.75) is 5.79 Å². The Balaban J connectivity index is 1.94. The highest BCUT2D eigenvalue weighted by Crippen LogP contribution is 2.47. The van der Waals surface area contributed by atoms with Gasteiger partial charge in [0.15, 0.2) is 0 Å². The second-order valence-electron chi connectivity index (χ2n) is 6.63. The number of ether oxygens (including phenoxy) is 2. The van der Waals surface area contributed by atoms with E-state index in [1.54, 1.807) is 18.2 Å². The van der Waals surface area contributed by atoms with Gasteiger partial charge in [-0.05, 0) is 29.8 Å². The van der Waals surface area contributed by atoms with E-state index in [1.807, 2.05) is 30.3 Å². The van der Waals surface area contributed by atoms with Crippen LogP contribution in [0.2, 0.25) is 0 Å². The summed E-state index contributed by atoms with van der Waals surface area (Å²) in [7, 11) is 1.50. The van der Waals surface area contributed by atoms with E-state index in [9.17, 15) is 20.2 Å². The van der Waals surface area contributed by atoms with E-state index in [2.05, 4.69) is 0 Å². The summed E-state index contributed by atoms with van der Waals surface area (Å²) in [6.45, 7) is 0. The summed E-state index contributed by atoms with van der Waals surface area (Å²) in [6, 6.07) is 19.6. The minimum absolute atomic E-state index is 0.0464. The Morgan fingerprint density at radius 1 is 0.867 bits per heavy atom. The molecule has 1 heterocycles. The Morgan fingerprint density at radius 3 is 2.10 bits per heavy atom. The number of rotatable bonds is 5. The number of fused-ring (bicyclic) bond motifs is 1. The topological polar surface area (TPSA) is 105 Å². The molecule has 0 saturated carbocycles. The van der Waals surface area contributed by atoms with Gasteiger partial charge in [-0.2, -0.15) is 0 Å². The molecule has 0 amide bonds. The predicted octanol–water partition coefficient (Wildman–Crippen LogP) is 4.94. The maximum absolute atomic E-state index is 11.2. The molecule has 0 radical (unpaired) electrons. The van der Waals surface area contributed by atoms with E-state index in [0.717, 1.165) is 0 Å². The van der Waals surface area contributed by atoms with Crippen LogP contribution in [0.1, 0.15) is 16.7 Å². The molecule has 0 bridgehead atoms. The first-order valence-corrected chi connectivity index (χ1v) is 9.00. The second kappa shape index (κ2) is 7.41. The molecule has 1 aliphatic heterocycles. The van der Waals surface area contributed by atoms with Gasteiger partial charge < -0.3 is 9.47 Å². The Kier molecular flexibility index (Phi) is 4.77. The van der Waals surface area contributed by atoms with E-state index in [1.165, 1.54) is 37.4 Å². The molecule has 0 spiro atoms. The molecule has 8 heteroatoms. The van der Waals surface area contributed by atoms with Crippen molar-refractivity contribution in [1.82, 2.24) is 0 Å². The van der Waals surface area contributed by atoms with E-state index in [-0.39, 0.29) is 11.4 Å². The first-order chi connectivity index (χ1) is 14.4. The first-order valence-electron chi connectivity index (χ1n) is 9.00. The predicted molar refractivity (Wildman–Crippen MR) is 110 cm³/mol. The van der Waals surface area contributed by atoms with Crippen LogP contribution < -0.4 is 4.74 Å². The third-order valence-electron chi connectivity index (χ3n) is 4.94. The van der Waals surface area contributed by atoms with Crippen LogP contribution >= 0.6 is 0 Å². The number of nitro benzene ring substituents is 2. The van der Waals surface area contributed by atoms with E-state index < -0.39 is 15.6 Å². The lowest BCUT2D eigenvalue weighted by Crippen LogP contribution is -2.38. The maximum atomic E-state index is 11.2. The third kappa shape index (κ3) is 3.19. The lowest BCUT2D eigenvalue weighted by atomic mass is 9.87. The van der Waals surface area contributed by atoms with Crippen LogP contribution in [0, 0.1) is 20.2 Å². The van der Waals surface area contributed by atoms with Crippen molar-refractivity contribution in [3.63, 3.8) is 0 Å². The molecule has 3 aromatic rings. The maximum Gasteiger partial charge on any atom is 0.270 e. The summed E-state index contributed by atoms with van der Waals surface area (Å²) >= 11 is 0. The zero-order chi connectivity index (χ0) is 21.3. The fourth-order valence-corrected chi connectivity index (χ4v) is 3.49. The molecule has 4 rings (SSSR count). The van der Waals surface area contributed by atoms with Crippen molar-refractivity contribution < 1.29 is 19.3 Å². The first kappa shape index (κ1) is 19.3. The van der Waals surface area contributed by atoms with Gasteiger partial charge in [0.05, 0.1) is 9.85 Å². The average Bonchev–Trinajstić information content (AvgIpc) is 2.78. The van der Waals surface area contributed by atoms with Gasteiger partial charge in [-0.25, -0.2) is 0 Å². The highest BCUT2D eigenvalue weighted by Gasteiger charge is 2.43. The monoisotopic (exact) mass is 404 g/mol. The Morgan fingerprint density at radius 2 is 1.50 bits per heavy atom. The SMILES string of the molecule is COC1(c2ccccc2)Oc2ccc([N+](=O)[O-])cc2C=C1c1ccc([N+](=O)[O-])cc1. The molecule has 0 aromatic heterocycles. The number of non-ortho nitro benzene ring substituents is 2. The van der Waals surface area contributed by atoms with Crippen LogP contribution in [-0.4, -0.2) is 17.0 Å². The Labute approximate surface area is 171 Å². The quantitative estimate of drug-likeness (QED) is 0.441. The molecule has 150 valence electrons. The molecule has 0 saturated heterocycles. The second-order valence-corrected chi connectivity index (χ2v) is 6.63. The highest BCUT2D eigenvalue weighted by atomic mass is 16.7. The standard InChI is InChI=1S/C22H16N2O6/c1-29-22(17-5-3-2-4-6-17)20(15-7-9-18(10-8-15)23(25)26)14-16-13-19(24(27)28)11-12-21(16)30-22/h2-14H,1H3. The molecule has 30 heavy (non-hydrogen) atoms. The Bertz CT molecular complexity index is 1160. The van der Waals surface area contributed by atoms with Crippen molar-refractivity contribution in [2.24, 2.45) is 0 Å². The molecular weight excluding hydrogens is 388 g/mol. The lowest BCUT2D eigenvalue weighted by molar-refractivity contribution is -0.385. The van der Waals surface area contributed by atoms with Gasteiger partial charge in [-0.1, -0.05) is 30.3 Å². The van der Waals surface area contributed by atoms with Crippen molar-refractivity contribution >= 4 is 23.0 Å². The van der Waals surface area contributed by atoms with E-state index >= 15 is 0 Å². The minimum atomic E-state index is -1.33. The summed E-state index contributed by atoms with van der Waals surface area (Å²) in [6.07, 6.45) is 1.75. The third-order valence-corrected chi connectivity index (χ3v) is 4.94. The molecule has 0 fully saturated rings. The van der Waals surface area contributed by atoms with Crippen molar-refractivity contribution in [3.05, 3.63) is 110 Å². The number of hydrogen-bond donors (Lipinski definition) is 0. The number of methoxy groups -OCH3 is 1. The van der Waals surface area contributed by atoms with Crippen molar-refractivity contribution in [1.29, 1.82) is 0 Å². The normalized spacial score (nSPS) is 17.4. The smallest absolute Gasteiger partial charge is 0.270 e. The molecule has 1 unspecified atom stereocenters. The molecule has 3 aromatic carbocycles.